The Balaban J connectivity index is 1.86. The van der Waals surface area contributed by atoms with Crippen LogP contribution in [0.25, 0.3) is 0 Å². The second-order valence-corrected chi connectivity index (χ2v) is 5.83. The number of anilines is 1. The first-order chi connectivity index (χ1) is 9.56. The molecule has 1 aliphatic rings. The lowest BCUT2D eigenvalue weighted by Crippen LogP contribution is -2.34. The fraction of sp³-hybridized carbons (Fsp3) is 0.500. The van der Waals surface area contributed by atoms with Crippen LogP contribution in [0.15, 0.2) is 16.6 Å². The van der Waals surface area contributed by atoms with E-state index in [4.69, 9.17) is 0 Å². The van der Waals surface area contributed by atoms with Gasteiger partial charge < -0.3 is 10.6 Å². The molecule has 3 nitrogen and oxygen atoms in total. The molecule has 1 fully saturated rings. The Kier molecular flexibility index (Phi) is 5.48. The standard InChI is InChI=1S/C14H17BrF2N2O/c15-10-7-13(12(17)8-11(10)16)19-14(20)5-4-9-3-1-2-6-18-9/h7-9,18H,1-6H2,(H,19,20). The molecule has 0 bridgehead atoms. The van der Waals surface area contributed by atoms with Crippen LogP contribution >= 0.6 is 15.9 Å². The number of halogens is 3. The average Bonchev–Trinajstić information content (AvgIpc) is 2.44. The maximum atomic E-state index is 13.5. The molecular formula is C14H17BrF2N2O. The molecule has 1 saturated heterocycles. The summed E-state index contributed by atoms with van der Waals surface area (Å²) in [4.78, 5) is 11.8. The molecule has 2 rings (SSSR count). The second kappa shape index (κ2) is 7.13. The SMILES string of the molecule is O=C(CCC1CCCCN1)Nc1cc(Br)c(F)cc1F. The number of carbonyl (C=O) groups excluding carboxylic acids is 1. The van der Waals surface area contributed by atoms with E-state index in [9.17, 15) is 13.6 Å². The quantitative estimate of drug-likeness (QED) is 0.818. The molecule has 20 heavy (non-hydrogen) atoms. The van der Waals surface area contributed by atoms with E-state index in [2.05, 4.69) is 26.6 Å². The molecule has 110 valence electrons. The Morgan fingerprint density at radius 3 is 2.85 bits per heavy atom. The van der Waals surface area contributed by atoms with E-state index >= 15 is 0 Å². The number of hydrogen-bond acceptors (Lipinski definition) is 2. The van der Waals surface area contributed by atoms with E-state index in [1.165, 1.54) is 18.9 Å². The Morgan fingerprint density at radius 1 is 1.35 bits per heavy atom. The minimum absolute atomic E-state index is 0.000113. The highest BCUT2D eigenvalue weighted by atomic mass is 79.9. The molecule has 0 radical (unpaired) electrons. The maximum absolute atomic E-state index is 13.5. The summed E-state index contributed by atoms with van der Waals surface area (Å²) in [5, 5.41) is 5.83. The van der Waals surface area contributed by atoms with Gasteiger partial charge in [-0.25, -0.2) is 8.78 Å². The Morgan fingerprint density at radius 2 is 2.15 bits per heavy atom. The average molecular weight is 347 g/mol. The van der Waals surface area contributed by atoms with Crippen molar-refractivity contribution in [1.82, 2.24) is 5.32 Å². The molecule has 0 spiro atoms. The maximum Gasteiger partial charge on any atom is 0.224 e. The predicted molar refractivity (Wildman–Crippen MR) is 77.6 cm³/mol. The Bertz CT molecular complexity index is 490. The van der Waals surface area contributed by atoms with Gasteiger partial charge in [-0.3, -0.25) is 4.79 Å². The third-order valence-electron chi connectivity index (χ3n) is 3.42. The lowest BCUT2D eigenvalue weighted by Gasteiger charge is -2.23. The number of nitrogens with one attached hydrogen (secondary N) is 2. The molecule has 6 heteroatoms. The van der Waals surface area contributed by atoms with E-state index in [1.807, 2.05) is 0 Å². The number of carbonyl (C=O) groups is 1. The highest BCUT2D eigenvalue weighted by Crippen LogP contribution is 2.24. The molecular weight excluding hydrogens is 330 g/mol. The highest BCUT2D eigenvalue weighted by molar-refractivity contribution is 9.10. The molecule has 1 aliphatic heterocycles. The second-order valence-electron chi connectivity index (χ2n) is 4.98. The van der Waals surface area contributed by atoms with Crippen LogP contribution in [0, 0.1) is 11.6 Å². The van der Waals surface area contributed by atoms with Crippen LogP contribution < -0.4 is 10.6 Å². The van der Waals surface area contributed by atoms with Crippen LogP contribution in [0.1, 0.15) is 32.1 Å². The molecule has 1 unspecified atom stereocenters. The van der Waals surface area contributed by atoms with Crippen molar-refractivity contribution in [3.63, 3.8) is 0 Å². The Hall–Kier alpha value is -1.01. The first kappa shape index (κ1) is 15.4. The van der Waals surface area contributed by atoms with Crippen LogP contribution in [0.4, 0.5) is 14.5 Å². The van der Waals surface area contributed by atoms with Crippen molar-refractivity contribution in [2.24, 2.45) is 0 Å². The summed E-state index contributed by atoms with van der Waals surface area (Å²) in [6.45, 7) is 0.992. The lowest BCUT2D eigenvalue weighted by atomic mass is 10.0. The minimum atomic E-state index is -0.769. The summed E-state index contributed by atoms with van der Waals surface area (Å²) in [5.74, 6) is -1.71. The number of benzene rings is 1. The van der Waals surface area contributed by atoms with Gasteiger partial charge in [0.2, 0.25) is 5.91 Å². The summed E-state index contributed by atoms with van der Waals surface area (Å²) in [6.07, 6.45) is 4.49. The molecule has 1 heterocycles. The molecule has 1 aromatic rings. The van der Waals surface area contributed by atoms with Crippen molar-refractivity contribution < 1.29 is 13.6 Å². The van der Waals surface area contributed by atoms with Gasteiger partial charge in [-0.05, 0) is 47.8 Å². The van der Waals surface area contributed by atoms with Gasteiger partial charge >= 0.3 is 0 Å². The third-order valence-corrected chi connectivity index (χ3v) is 4.02. The lowest BCUT2D eigenvalue weighted by molar-refractivity contribution is -0.116. The highest BCUT2D eigenvalue weighted by Gasteiger charge is 2.15. The zero-order chi connectivity index (χ0) is 14.5. The summed E-state index contributed by atoms with van der Waals surface area (Å²) < 4.78 is 26.7. The first-order valence-electron chi connectivity index (χ1n) is 6.74. The smallest absolute Gasteiger partial charge is 0.224 e. The number of amides is 1. The van der Waals surface area contributed by atoms with Crippen molar-refractivity contribution in [2.45, 2.75) is 38.1 Å². The van der Waals surface area contributed by atoms with Crippen LogP contribution in [-0.4, -0.2) is 18.5 Å². The van der Waals surface area contributed by atoms with Gasteiger partial charge in [0.05, 0.1) is 10.2 Å². The predicted octanol–water partition coefficient (Wildman–Crippen LogP) is 3.59. The van der Waals surface area contributed by atoms with Crippen LogP contribution in [0.2, 0.25) is 0 Å². The van der Waals surface area contributed by atoms with Crippen molar-refractivity contribution in [1.29, 1.82) is 0 Å². The number of rotatable bonds is 4. The zero-order valence-electron chi connectivity index (χ0n) is 11.0. The van der Waals surface area contributed by atoms with Crippen LogP contribution in [-0.2, 0) is 4.79 Å². The van der Waals surface area contributed by atoms with E-state index < -0.39 is 11.6 Å². The largest absolute Gasteiger partial charge is 0.324 e. The molecule has 1 aromatic carbocycles. The summed E-state index contributed by atoms with van der Waals surface area (Å²) in [7, 11) is 0. The van der Waals surface area contributed by atoms with E-state index in [-0.39, 0.29) is 16.1 Å². The van der Waals surface area contributed by atoms with Gasteiger partial charge in [-0.15, -0.1) is 0 Å². The Labute approximate surface area is 125 Å². The van der Waals surface area contributed by atoms with Gasteiger partial charge in [-0.1, -0.05) is 6.42 Å². The van der Waals surface area contributed by atoms with Gasteiger partial charge in [-0.2, -0.15) is 0 Å². The van der Waals surface area contributed by atoms with Crippen molar-refractivity contribution in [2.75, 3.05) is 11.9 Å². The molecule has 2 N–H and O–H groups in total. The fourth-order valence-electron chi connectivity index (χ4n) is 2.31. The summed E-state index contributed by atoms with van der Waals surface area (Å²) in [5.41, 5.74) is -0.000113. The van der Waals surface area contributed by atoms with Crippen LogP contribution in [0.5, 0.6) is 0 Å². The molecule has 1 atom stereocenters. The number of piperidine rings is 1. The van der Waals surface area contributed by atoms with E-state index in [1.54, 1.807) is 0 Å². The fourth-order valence-corrected chi connectivity index (χ4v) is 2.65. The molecule has 1 amide bonds. The summed E-state index contributed by atoms with van der Waals surface area (Å²) >= 11 is 2.97. The topological polar surface area (TPSA) is 41.1 Å². The van der Waals surface area contributed by atoms with Gasteiger partial charge in [0.1, 0.15) is 11.6 Å². The molecule has 0 saturated carbocycles. The zero-order valence-corrected chi connectivity index (χ0v) is 12.6. The molecule has 0 aliphatic carbocycles. The van der Waals surface area contributed by atoms with Crippen LogP contribution in [0.3, 0.4) is 0 Å². The van der Waals surface area contributed by atoms with Crippen molar-refractivity contribution >= 4 is 27.5 Å². The minimum Gasteiger partial charge on any atom is -0.324 e. The van der Waals surface area contributed by atoms with Gasteiger partial charge in [0.25, 0.3) is 0 Å². The monoisotopic (exact) mass is 346 g/mol. The van der Waals surface area contributed by atoms with E-state index in [0.29, 0.717) is 12.5 Å². The normalized spacial score (nSPS) is 18.9. The van der Waals surface area contributed by atoms with E-state index in [0.717, 1.165) is 25.5 Å². The van der Waals surface area contributed by atoms with Gasteiger partial charge in [0.15, 0.2) is 0 Å². The number of hydrogen-bond donors (Lipinski definition) is 2. The van der Waals surface area contributed by atoms with Crippen molar-refractivity contribution in [3.05, 3.63) is 28.2 Å². The van der Waals surface area contributed by atoms with Crippen molar-refractivity contribution in [3.8, 4) is 0 Å². The first-order valence-corrected chi connectivity index (χ1v) is 7.53. The van der Waals surface area contributed by atoms with Gasteiger partial charge in [0, 0.05) is 18.5 Å². The molecule has 0 aromatic heterocycles. The summed E-state index contributed by atoms with van der Waals surface area (Å²) in [6, 6.07) is 2.35. The third kappa shape index (κ3) is 4.24.